The summed E-state index contributed by atoms with van der Waals surface area (Å²) in [7, 11) is 0. The number of nitrogens with zero attached hydrogens (tertiary/aromatic N) is 1. The molecular weight excluding hydrogens is 775 g/mol. The molecule has 17 nitrogen and oxygen atoms in total. The Bertz CT molecular complexity index is 2510. The standard InChI is InChI=1S/C43H37N7O10/c1-23(2)60-37-33(19-18-32(36(37)52)41(56)48-31-5-3-4-28(20-31)43(58)59)49-39(54)26-12-16-30(17-13-26)47-42(57)34(21-35(45)51)50-40(55)27-10-14-29(15-11-27)46-38(53)25-8-6-24(22-44)7-9-25/h3-20,23,34,52H,21H2,1-2H3,(H2,45,51)(H,46,53)(H,47,57)(H,48,56)(H,49,54)(H,50,55)(H,58,59). The van der Waals surface area contributed by atoms with Gasteiger partial charge in [0, 0.05) is 33.8 Å². The molecule has 60 heavy (non-hydrogen) atoms. The number of nitrogens with two attached hydrogens (primary N) is 1. The van der Waals surface area contributed by atoms with Crippen LogP contribution in [0.4, 0.5) is 22.7 Å². The van der Waals surface area contributed by atoms with Crippen LogP contribution in [0.25, 0.3) is 0 Å². The number of phenols is 1. The van der Waals surface area contributed by atoms with Crippen LogP contribution in [-0.4, -0.2) is 63.8 Å². The number of carboxylic acids is 1. The first-order chi connectivity index (χ1) is 28.6. The summed E-state index contributed by atoms with van der Waals surface area (Å²) >= 11 is 0. The lowest BCUT2D eigenvalue weighted by atomic mass is 10.1. The number of rotatable bonds is 15. The second kappa shape index (κ2) is 19.1. The number of amides is 6. The highest BCUT2D eigenvalue weighted by molar-refractivity contribution is 6.10. The third-order valence-electron chi connectivity index (χ3n) is 8.47. The van der Waals surface area contributed by atoms with E-state index in [1.54, 1.807) is 13.8 Å². The van der Waals surface area contributed by atoms with E-state index in [-0.39, 0.29) is 45.1 Å². The number of ether oxygens (including phenoxy) is 1. The Labute approximate surface area is 342 Å². The molecule has 0 saturated heterocycles. The molecular formula is C43H37N7O10. The zero-order chi connectivity index (χ0) is 43.5. The van der Waals surface area contributed by atoms with Crippen molar-refractivity contribution in [3.05, 3.63) is 143 Å². The van der Waals surface area contributed by atoms with Gasteiger partial charge in [0.05, 0.1) is 41.0 Å². The minimum absolute atomic E-state index is 0.0283. The van der Waals surface area contributed by atoms with Gasteiger partial charge in [0.25, 0.3) is 23.6 Å². The van der Waals surface area contributed by atoms with E-state index in [1.807, 2.05) is 6.07 Å². The monoisotopic (exact) mass is 811 g/mol. The Morgan fingerprint density at radius 3 is 1.78 bits per heavy atom. The fraction of sp³-hybridized carbons (Fsp3) is 0.116. The van der Waals surface area contributed by atoms with Gasteiger partial charge in [0.1, 0.15) is 6.04 Å². The van der Waals surface area contributed by atoms with Crippen LogP contribution in [0.3, 0.4) is 0 Å². The van der Waals surface area contributed by atoms with Crippen LogP contribution in [0, 0.1) is 11.3 Å². The Morgan fingerprint density at radius 1 is 0.667 bits per heavy atom. The van der Waals surface area contributed by atoms with Crippen LogP contribution in [-0.2, 0) is 9.59 Å². The van der Waals surface area contributed by atoms with Crippen LogP contribution < -0.4 is 37.1 Å². The van der Waals surface area contributed by atoms with E-state index >= 15 is 0 Å². The number of carbonyl (C=O) groups excluding carboxylic acids is 6. The molecule has 0 aliphatic carbocycles. The van der Waals surface area contributed by atoms with Crippen molar-refractivity contribution in [1.29, 1.82) is 5.26 Å². The number of anilines is 4. The Balaban J connectivity index is 1.22. The van der Waals surface area contributed by atoms with Gasteiger partial charge in [-0.25, -0.2) is 4.79 Å². The van der Waals surface area contributed by atoms with Crippen molar-refractivity contribution in [3.8, 4) is 17.6 Å². The van der Waals surface area contributed by atoms with Crippen molar-refractivity contribution in [1.82, 2.24) is 5.32 Å². The number of benzene rings is 5. The fourth-order valence-electron chi connectivity index (χ4n) is 5.52. The molecule has 5 aromatic rings. The van der Waals surface area contributed by atoms with Gasteiger partial charge in [-0.1, -0.05) is 6.07 Å². The summed E-state index contributed by atoms with van der Waals surface area (Å²) in [5.41, 5.74) is 6.81. The van der Waals surface area contributed by atoms with Gasteiger partial charge in [-0.2, -0.15) is 5.26 Å². The summed E-state index contributed by atoms with van der Waals surface area (Å²) < 4.78 is 5.76. The van der Waals surface area contributed by atoms with E-state index < -0.39 is 65.7 Å². The molecule has 6 amide bonds. The Kier molecular flexibility index (Phi) is 13.6. The number of aromatic hydroxyl groups is 1. The van der Waals surface area contributed by atoms with Gasteiger partial charge in [-0.15, -0.1) is 0 Å². The summed E-state index contributed by atoms with van der Waals surface area (Å²) in [6.07, 6.45) is -1.03. The highest BCUT2D eigenvalue weighted by Crippen LogP contribution is 2.39. The van der Waals surface area contributed by atoms with Gasteiger partial charge in [0.2, 0.25) is 11.8 Å². The molecule has 5 aromatic carbocycles. The number of nitriles is 1. The van der Waals surface area contributed by atoms with Crippen LogP contribution in [0.15, 0.2) is 109 Å². The lowest BCUT2D eigenvalue weighted by Gasteiger charge is -2.19. The quantitative estimate of drug-likeness (QED) is 0.0687. The van der Waals surface area contributed by atoms with E-state index in [4.69, 9.17) is 15.7 Å². The third-order valence-corrected chi connectivity index (χ3v) is 8.47. The number of nitrogens with one attached hydrogen (secondary N) is 5. The van der Waals surface area contributed by atoms with E-state index in [2.05, 4.69) is 26.6 Å². The molecule has 0 aromatic heterocycles. The number of carbonyl (C=O) groups is 7. The summed E-state index contributed by atoms with van der Waals surface area (Å²) in [5.74, 6) is -6.18. The molecule has 9 N–H and O–H groups in total. The SMILES string of the molecule is CC(C)Oc1c(NC(=O)c2ccc(NC(=O)C(CC(N)=O)NC(=O)c3ccc(NC(=O)c4ccc(C#N)cc4)cc3)cc2)ccc(C(=O)Nc2cccc(C(=O)O)c2)c1O. The highest BCUT2D eigenvalue weighted by Gasteiger charge is 2.25. The predicted octanol–water partition coefficient (Wildman–Crippen LogP) is 5.12. The Morgan fingerprint density at radius 2 is 1.22 bits per heavy atom. The molecule has 17 heteroatoms. The van der Waals surface area contributed by atoms with E-state index in [1.165, 1.54) is 109 Å². The van der Waals surface area contributed by atoms with Crippen molar-refractivity contribution in [2.24, 2.45) is 5.73 Å². The molecule has 1 atom stereocenters. The molecule has 0 fully saturated rings. The number of phenolic OH excluding ortho intramolecular Hbond substituents is 1. The first-order valence-electron chi connectivity index (χ1n) is 18.0. The van der Waals surface area contributed by atoms with E-state index in [0.29, 0.717) is 16.8 Å². The first-order valence-corrected chi connectivity index (χ1v) is 18.0. The average Bonchev–Trinajstić information content (AvgIpc) is 3.22. The van der Waals surface area contributed by atoms with Crippen molar-refractivity contribution in [2.45, 2.75) is 32.4 Å². The van der Waals surface area contributed by atoms with Crippen LogP contribution >= 0.6 is 0 Å². The number of primary amides is 1. The minimum atomic E-state index is -1.39. The lowest BCUT2D eigenvalue weighted by Crippen LogP contribution is -2.46. The van der Waals surface area contributed by atoms with Crippen molar-refractivity contribution in [2.75, 3.05) is 21.3 Å². The zero-order valence-corrected chi connectivity index (χ0v) is 31.9. The third kappa shape index (κ3) is 11.1. The smallest absolute Gasteiger partial charge is 0.335 e. The molecule has 1 unspecified atom stereocenters. The van der Waals surface area contributed by atoms with Crippen molar-refractivity contribution in [3.63, 3.8) is 0 Å². The summed E-state index contributed by atoms with van der Waals surface area (Å²) in [5, 5.41) is 42.2. The minimum Gasteiger partial charge on any atom is -0.504 e. The lowest BCUT2D eigenvalue weighted by molar-refractivity contribution is -0.123. The maximum absolute atomic E-state index is 13.3. The Hall–Kier alpha value is -8.52. The molecule has 304 valence electrons. The van der Waals surface area contributed by atoms with Crippen LogP contribution in [0.2, 0.25) is 0 Å². The topological polar surface area (TPSA) is 279 Å². The maximum atomic E-state index is 13.3. The molecule has 0 spiro atoms. The summed E-state index contributed by atoms with van der Waals surface area (Å²) in [4.78, 5) is 88.4. The highest BCUT2D eigenvalue weighted by atomic mass is 16.5. The normalized spacial score (nSPS) is 11.0. The second-order valence-corrected chi connectivity index (χ2v) is 13.3. The van der Waals surface area contributed by atoms with Crippen molar-refractivity contribution < 1.29 is 48.5 Å². The van der Waals surface area contributed by atoms with Crippen LogP contribution in [0.5, 0.6) is 11.5 Å². The van der Waals surface area contributed by atoms with Gasteiger partial charge in [0.15, 0.2) is 11.5 Å². The number of aromatic carboxylic acids is 1. The van der Waals surface area contributed by atoms with E-state index in [0.717, 1.165) is 0 Å². The fourth-order valence-corrected chi connectivity index (χ4v) is 5.52. The number of hydrogen-bond acceptors (Lipinski definition) is 10. The molecule has 0 aliphatic heterocycles. The maximum Gasteiger partial charge on any atom is 0.335 e. The first kappa shape index (κ1) is 42.6. The van der Waals surface area contributed by atoms with Gasteiger partial charge in [-0.3, -0.25) is 28.8 Å². The number of hydrogen-bond donors (Lipinski definition) is 8. The second-order valence-electron chi connectivity index (χ2n) is 13.3. The van der Waals surface area contributed by atoms with Crippen LogP contribution in [0.1, 0.15) is 77.6 Å². The largest absolute Gasteiger partial charge is 0.504 e. The van der Waals surface area contributed by atoms with E-state index in [9.17, 15) is 43.8 Å². The average molecular weight is 812 g/mol. The molecule has 0 radical (unpaired) electrons. The molecule has 0 bridgehead atoms. The number of carboxylic acid groups (broad SMARTS) is 1. The van der Waals surface area contributed by atoms with Crippen molar-refractivity contribution >= 4 is 64.2 Å². The summed E-state index contributed by atoms with van der Waals surface area (Å²) in [6, 6.07) is 26.0. The van der Waals surface area contributed by atoms with Gasteiger partial charge in [-0.05, 0) is 117 Å². The summed E-state index contributed by atoms with van der Waals surface area (Å²) in [6.45, 7) is 3.34. The van der Waals surface area contributed by atoms with Gasteiger partial charge >= 0.3 is 5.97 Å². The molecule has 0 heterocycles. The predicted molar refractivity (Wildman–Crippen MR) is 219 cm³/mol. The molecule has 0 aliphatic rings. The van der Waals surface area contributed by atoms with Gasteiger partial charge < -0.3 is 47.3 Å². The molecule has 0 saturated carbocycles. The zero-order valence-electron chi connectivity index (χ0n) is 31.9. The molecule has 5 rings (SSSR count).